The highest BCUT2D eigenvalue weighted by molar-refractivity contribution is 5.79. The lowest BCUT2D eigenvalue weighted by Crippen LogP contribution is -2.22. The molecule has 0 atom stereocenters. The molecule has 2 rings (SSSR count). The summed E-state index contributed by atoms with van der Waals surface area (Å²) in [6.07, 6.45) is 3.62. The van der Waals surface area contributed by atoms with Gasteiger partial charge < -0.3 is 10.0 Å². The van der Waals surface area contributed by atoms with Gasteiger partial charge in [0.25, 0.3) is 0 Å². The first kappa shape index (κ1) is 16.4. The molecule has 0 aromatic heterocycles. The van der Waals surface area contributed by atoms with E-state index < -0.39 is 0 Å². The number of anilines is 1. The van der Waals surface area contributed by atoms with Crippen molar-refractivity contribution in [1.82, 2.24) is 0 Å². The Morgan fingerprint density at radius 1 is 0.909 bits per heavy atom. The minimum absolute atomic E-state index is 0.324. The van der Waals surface area contributed by atoms with Crippen molar-refractivity contribution in [1.29, 1.82) is 0 Å². The summed E-state index contributed by atoms with van der Waals surface area (Å²) in [7, 11) is 0. The summed E-state index contributed by atoms with van der Waals surface area (Å²) in [5.74, 6) is 0.324. The average Bonchev–Trinajstić information content (AvgIpc) is 2.55. The van der Waals surface area contributed by atoms with Crippen molar-refractivity contribution >= 4 is 5.69 Å². The summed E-state index contributed by atoms with van der Waals surface area (Å²) in [6, 6.07) is 14.5. The molecule has 2 aromatic carbocycles. The molecule has 1 N–H and O–H groups in total. The Hall–Kier alpha value is -1.96. The van der Waals surface area contributed by atoms with Gasteiger partial charge in [-0.3, -0.25) is 0 Å². The SMILES string of the molecule is CCCCc1ccc(-c2ccc(O)cc2N(CC)CC)cc1. The van der Waals surface area contributed by atoms with Gasteiger partial charge in [0, 0.05) is 30.4 Å². The number of phenols is 1. The minimum atomic E-state index is 0.324. The van der Waals surface area contributed by atoms with Crippen LogP contribution in [-0.2, 0) is 6.42 Å². The second kappa shape index (κ2) is 7.88. The third kappa shape index (κ3) is 3.82. The normalized spacial score (nSPS) is 10.7. The van der Waals surface area contributed by atoms with Gasteiger partial charge in [-0.1, -0.05) is 37.6 Å². The van der Waals surface area contributed by atoms with Crippen LogP contribution < -0.4 is 4.90 Å². The van der Waals surface area contributed by atoms with Crippen molar-refractivity contribution in [2.24, 2.45) is 0 Å². The highest BCUT2D eigenvalue weighted by Crippen LogP contribution is 2.34. The molecule has 0 amide bonds. The molecule has 0 aliphatic rings. The smallest absolute Gasteiger partial charge is 0.117 e. The highest BCUT2D eigenvalue weighted by atomic mass is 16.3. The molecular weight excluding hydrogens is 270 g/mol. The number of aromatic hydroxyl groups is 1. The van der Waals surface area contributed by atoms with E-state index in [1.807, 2.05) is 12.1 Å². The van der Waals surface area contributed by atoms with Crippen LogP contribution in [0.2, 0.25) is 0 Å². The van der Waals surface area contributed by atoms with Gasteiger partial charge in [0.2, 0.25) is 0 Å². The molecule has 2 nitrogen and oxygen atoms in total. The first-order valence-corrected chi connectivity index (χ1v) is 8.36. The second-order valence-corrected chi connectivity index (χ2v) is 5.67. The van der Waals surface area contributed by atoms with Crippen LogP contribution in [0, 0.1) is 0 Å². The van der Waals surface area contributed by atoms with Crippen LogP contribution in [0.4, 0.5) is 5.69 Å². The zero-order valence-corrected chi connectivity index (χ0v) is 14.0. The molecule has 0 unspecified atom stereocenters. The van der Waals surface area contributed by atoms with E-state index in [9.17, 15) is 5.11 Å². The third-order valence-corrected chi connectivity index (χ3v) is 4.17. The van der Waals surface area contributed by atoms with Gasteiger partial charge >= 0.3 is 0 Å². The Balaban J connectivity index is 2.35. The number of phenolic OH excluding ortho intramolecular Hbond substituents is 1. The van der Waals surface area contributed by atoms with Crippen molar-refractivity contribution in [2.45, 2.75) is 40.0 Å². The van der Waals surface area contributed by atoms with Crippen molar-refractivity contribution in [3.8, 4) is 16.9 Å². The zero-order valence-electron chi connectivity index (χ0n) is 14.0. The van der Waals surface area contributed by atoms with E-state index in [1.54, 1.807) is 6.07 Å². The van der Waals surface area contributed by atoms with Gasteiger partial charge in [-0.05, 0) is 49.9 Å². The standard InChI is InChI=1S/C20H27NO/c1-4-7-8-16-9-11-17(12-10-16)19-14-13-18(22)15-20(19)21(5-2)6-3/h9-15,22H,4-8H2,1-3H3. The van der Waals surface area contributed by atoms with Gasteiger partial charge in [-0.15, -0.1) is 0 Å². The fourth-order valence-corrected chi connectivity index (χ4v) is 2.82. The predicted molar refractivity (Wildman–Crippen MR) is 95.7 cm³/mol. The summed E-state index contributed by atoms with van der Waals surface area (Å²) < 4.78 is 0. The van der Waals surface area contributed by atoms with Crippen LogP contribution in [0.5, 0.6) is 5.75 Å². The monoisotopic (exact) mass is 297 g/mol. The van der Waals surface area contributed by atoms with Crippen LogP contribution in [0.15, 0.2) is 42.5 Å². The number of benzene rings is 2. The Kier molecular flexibility index (Phi) is 5.88. The molecule has 2 aromatic rings. The lowest BCUT2D eigenvalue weighted by molar-refractivity contribution is 0.475. The summed E-state index contributed by atoms with van der Waals surface area (Å²) in [5.41, 5.74) is 4.89. The molecule has 2 heteroatoms. The Labute approximate surface area is 134 Å². The third-order valence-electron chi connectivity index (χ3n) is 4.17. The molecule has 0 aliphatic heterocycles. The number of nitrogens with zero attached hydrogens (tertiary/aromatic N) is 1. The molecule has 0 saturated heterocycles. The number of rotatable bonds is 7. The largest absolute Gasteiger partial charge is 0.508 e. The van der Waals surface area contributed by atoms with E-state index in [0.29, 0.717) is 5.75 Å². The maximum atomic E-state index is 9.84. The van der Waals surface area contributed by atoms with Gasteiger partial charge in [0.15, 0.2) is 0 Å². The van der Waals surface area contributed by atoms with Crippen LogP contribution in [-0.4, -0.2) is 18.2 Å². The summed E-state index contributed by atoms with van der Waals surface area (Å²) >= 11 is 0. The molecule has 0 fully saturated rings. The second-order valence-electron chi connectivity index (χ2n) is 5.67. The van der Waals surface area contributed by atoms with Crippen LogP contribution >= 0.6 is 0 Å². The van der Waals surface area contributed by atoms with Crippen LogP contribution in [0.1, 0.15) is 39.2 Å². The van der Waals surface area contributed by atoms with Crippen LogP contribution in [0.3, 0.4) is 0 Å². The van der Waals surface area contributed by atoms with E-state index in [0.717, 1.165) is 25.2 Å². The first-order valence-electron chi connectivity index (χ1n) is 8.36. The van der Waals surface area contributed by atoms with Crippen molar-refractivity contribution in [3.63, 3.8) is 0 Å². The maximum absolute atomic E-state index is 9.84. The minimum Gasteiger partial charge on any atom is -0.508 e. The number of aryl methyl sites for hydroxylation is 1. The molecule has 0 heterocycles. The highest BCUT2D eigenvalue weighted by Gasteiger charge is 2.11. The Morgan fingerprint density at radius 3 is 2.18 bits per heavy atom. The van der Waals surface area contributed by atoms with E-state index in [4.69, 9.17) is 0 Å². The Morgan fingerprint density at radius 2 is 1.59 bits per heavy atom. The van der Waals surface area contributed by atoms with Crippen molar-refractivity contribution < 1.29 is 5.11 Å². The van der Waals surface area contributed by atoms with Gasteiger partial charge in [-0.25, -0.2) is 0 Å². The quantitative estimate of drug-likeness (QED) is 0.754. The number of hydrogen-bond acceptors (Lipinski definition) is 2. The molecule has 22 heavy (non-hydrogen) atoms. The molecule has 0 saturated carbocycles. The van der Waals surface area contributed by atoms with E-state index >= 15 is 0 Å². The number of unbranched alkanes of at least 4 members (excludes halogenated alkanes) is 1. The van der Waals surface area contributed by atoms with E-state index in [1.165, 1.54) is 29.5 Å². The Bertz CT molecular complexity index is 585. The van der Waals surface area contributed by atoms with Gasteiger partial charge in [0.1, 0.15) is 5.75 Å². The fourth-order valence-electron chi connectivity index (χ4n) is 2.82. The predicted octanol–water partition coefficient (Wildman–Crippen LogP) is 5.25. The average molecular weight is 297 g/mol. The lowest BCUT2D eigenvalue weighted by atomic mass is 9.99. The molecule has 118 valence electrons. The topological polar surface area (TPSA) is 23.5 Å². The van der Waals surface area contributed by atoms with E-state index in [-0.39, 0.29) is 0 Å². The zero-order chi connectivity index (χ0) is 15.9. The maximum Gasteiger partial charge on any atom is 0.117 e. The molecular formula is C20H27NO. The fraction of sp³-hybridized carbons (Fsp3) is 0.400. The van der Waals surface area contributed by atoms with E-state index in [2.05, 4.69) is 49.9 Å². The van der Waals surface area contributed by atoms with Crippen molar-refractivity contribution in [2.75, 3.05) is 18.0 Å². The van der Waals surface area contributed by atoms with Gasteiger partial charge in [-0.2, -0.15) is 0 Å². The first-order chi connectivity index (χ1) is 10.7. The van der Waals surface area contributed by atoms with Crippen LogP contribution in [0.25, 0.3) is 11.1 Å². The summed E-state index contributed by atoms with van der Waals surface area (Å²) in [4.78, 5) is 2.28. The van der Waals surface area contributed by atoms with Crippen molar-refractivity contribution in [3.05, 3.63) is 48.0 Å². The molecule has 0 spiro atoms. The molecule has 0 radical (unpaired) electrons. The molecule has 0 bridgehead atoms. The molecule has 0 aliphatic carbocycles. The summed E-state index contributed by atoms with van der Waals surface area (Å²) in [5, 5.41) is 9.84. The number of hydrogen-bond donors (Lipinski definition) is 1. The summed E-state index contributed by atoms with van der Waals surface area (Å²) in [6.45, 7) is 8.38. The lowest BCUT2D eigenvalue weighted by Gasteiger charge is -2.24. The van der Waals surface area contributed by atoms with Gasteiger partial charge in [0.05, 0.1) is 0 Å².